The molecule has 4 heteroatoms. The average Bonchev–Trinajstić information content (AvgIpc) is 2.26. The third kappa shape index (κ3) is 3.34. The van der Waals surface area contributed by atoms with Crippen molar-refractivity contribution in [3.8, 4) is 0 Å². The first-order valence-electron chi connectivity index (χ1n) is 4.75. The Morgan fingerprint density at radius 1 is 1.33 bits per heavy atom. The molecule has 0 unspecified atom stereocenters. The summed E-state index contributed by atoms with van der Waals surface area (Å²) in [7, 11) is 0. The lowest BCUT2D eigenvalue weighted by Crippen LogP contribution is -2.13. The van der Waals surface area contributed by atoms with Crippen LogP contribution in [0, 0.1) is 0 Å². The van der Waals surface area contributed by atoms with Gasteiger partial charge in [0, 0.05) is 0 Å². The zero-order valence-corrected chi connectivity index (χ0v) is 8.26. The van der Waals surface area contributed by atoms with Gasteiger partial charge in [-0.05, 0) is 24.5 Å². The van der Waals surface area contributed by atoms with Gasteiger partial charge in [-0.3, -0.25) is 0 Å². The average molecular weight is 210 g/mol. The summed E-state index contributed by atoms with van der Waals surface area (Å²) in [6, 6.07) is 6.67. The summed E-state index contributed by atoms with van der Waals surface area (Å²) in [6.45, 7) is -0.296. The molecule has 0 radical (unpaired) electrons. The number of carboxylic acids is 1. The molecule has 82 valence electrons. The maximum Gasteiger partial charge on any atom is 0.335 e. The molecule has 0 aromatic heterocycles. The van der Waals surface area contributed by atoms with Gasteiger partial charge in [0.25, 0.3) is 0 Å². The highest BCUT2D eigenvalue weighted by molar-refractivity contribution is 5.89. The van der Waals surface area contributed by atoms with Gasteiger partial charge in [-0.1, -0.05) is 18.2 Å². The highest BCUT2D eigenvalue weighted by Crippen LogP contribution is 2.12. The summed E-state index contributed by atoms with van der Waals surface area (Å²) >= 11 is 0. The summed E-state index contributed by atoms with van der Waals surface area (Å²) < 4.78 is 0. The van der Waals surface area contributed by atoms with E-state index in [0.29, 0.717) is 18.4 Å². The molecule has 1 atom stereocenters. The van der Waals surface area contributed by atoms with Crippen LogP contribution >= 0.6 is 0 Å². The molecule has 0 bridgehead atoms. The largest absolute Gasteiger partial charge is 0.478 e. The van der Waals surface area contributed by atoms with Gasteiger partial charge in [0.05, 0.1) is 18.3 Å². The van der Waals surface area contributed by atoms with Crippen LogP contribution in [-0.4, -0.2) is 34.0 Å². The van der Waals surface area contributed by atoms with Crippen molar-refractivity contribution in [3.05, 3.63) is 35.4 Å². The van der Waals surface area contributed by atoms with Crippen molar-refractivity contribution < 1.29 is 20.1 Å². The van der Waals surface area contributed by atoms with E-state index >= 15 is 0 Å². The number of benzene rings is 1. The van der Waals surface area contributed by atoms with Crippen LogP contribution in [0.4, 0.5) is 0 Å². The molecule has 0 aliphatic carbocycles. The van der Waals surface area contributed by atoms with Crippen LogP contribution in [0.2, 0.25) is 0 Å². The molecule has 0 spiro atoms. The normalized spacial score (nSPS) is 12.4. The Bertz CT molecular complexity index is 335. The van der Waals surface area contributed by atoms with Gasteiger partial charge in [0.2, 0.25) is 0 Å². The molecule has 4 nitrogen and oxygen atoms in total. The minimum absolute atomic E-state index is 0.252. The first kappa shape index (κ1) is 11.7. The fourth-order valence-electron chi connectivity index (χ4n) is 1.36. The van der Waals surface area contributed by atoms with Gasteiger partial charge in [-0.25, -0.2) is 4.79 Å². The highest BCUT2D eigenvalue weighted by Gasteiger charge is 2.10. The number of hydrogen-bond acceptors (Lipinski definition) is 3. The Hall–Kier alpha value is -1.39. The van der Waals surface area contributed by atoms with Crippen molar-refractivity contribution in [2.45, 2.75) is 18.9 Å². The number of aryl methyl sites for hydroxylation is 1. The Morgan fingerprint density at radius 3 is 2.60 bits per heavy atom. The van der Waals surface area contributed by atoms with E-state index in [1.165, 1.54) is 6.07 Å². The highest BCUT2D eigenvalue weighted by atomic mass is 16.4. The summed E-state index contributed by atoms with van der Waals surface area (Å²) in [5, 5.41) is 26.7. The van der Waals surface area contributed by atoms with Crippen molar-refractivity contribution in [2.24, 2.45) is 0 Å². The second-order valence-electron chi connectivity index (χ2n) is 3.34. The first-order chi connectivity index (χ1) is 7.15. The van der Waals surface area contributed by atoms with Crippen molar-refractivity contribution in [3.63, 3.8) is 0 Å². The zero-order chi connectivity index (χ0) is 11.3. The minimum Gasteiger partial charge on any atom is -0.478 e. The van der Waals surface area contributed by atoms with E-state index < -0.39 is 12.1 Å². The molecule has 0 saturated heterocycles. The van der Waals surface area contributed by atoms with Crippen LogP contribution in [-0.2, 0) is 6.42 Å². The molecular weight excluding hydrogens is 196 g/mol. The number of hydrogen-bond donors (Lipinski definition) is 3. The molecule has 3 N–H and O–H groups in total. The number of aliphatic hydroxyl groups is 2. The Kier molecular flexibility index (Phi) is 4.27. The van der Waals surface area contributed by atoms with E-state index in [2.05, 4.69) is 0 Å². The second-order valence-corrected chi connectivity index (χ2v) is 3.34. The van der Waals surface area contributed by atoms with E-state index in [-0.39, 0.29) is 12.2 Å². The Morgan fingerprint density at radius 2 is 2.00 bits per heavy atom. The van der Waals surface area contributed by atoms with Crippen LogP contribution in [0.1, 0.15) is 22.3 Å². The number of carboxylic acid groups (broad SMARTS) is 1. The molecule has 0 aliphatic heterocycles. The summed E-state index contributed by atoms with van der Waals surface area (Å²) in [5.41, 5.74) is 0.931. The van der Waals surface area contributed by atoms with Crippen LogP contribution in [0.25, 0.3) is 0 Å². The summed E-state index contributed by atoms with van der Waals surface area (Å²) in [6.07, 6.45) is 0.0252. The van der Waals surface area contributed by atoms with E-state index in [1.807, 2.05) is 0 Å². The SMILES string of the molecule is O=C(O)c1ccccc1CC[C@H](O)CO. The van der Waals surface area contributed by atoms with Crippen molar-refractivity contribution in [1.29, 1.82) is 0 Å². The monoisotopic (exact) mass is 210 g/mol. The Balaban J connectivity index is 2.72. The minimum atomic E-state index is -0.968. The van der Waals surface area contributed by atoms with Crippen LogP contribution in [0.15, 0.2) is 24.3 Å². The number of carbonyl (C=O) groups is 1. The standard InChI is InChI=1S/C11H14O4/c12-7-9(13)6-5-8-3-1-2-4-10(8)11(14)15/h1-4,9,12-13H,5-7H2,(H,14,15)/t9-/m0/s1. The first-order valence-corrected chi connectivity index (χ1v) is 4.75. The number of rotatable bonds is 5. The van der Waals surface area contributed by atoms with E-state index in [9.17, 15) is 4.79 Å². The molecular formula is C11H14O4. The smallest absolute Gasteiger partial charge is 0.335 e. The number of aromatic carboxylic acids is 1. The van der Waals surface area contributed by atoms with E-state index in [4.69, 9.17) is 15.3 Å². The fraction of sp³-hybridized carbons (Fsp3) is 0.364. The molecule has 1 rings (SSSR count). The quantitative estimate of drug-likeness (QED) is 0.667. The molecule has 0 heterocycles. The van der Waals surface area contributed by atoms with Crippen LogP contribution < -0.4 is 0 Å². The topological polar surface area (TPSA) is 77.8 Å². The van der Waals surface area contributed by atoms with Crippen molar-refractivity contribution in [1.82, 2.24) is 0 Å². The maximum absolute atomic E-state index is 10.8. The van der Waals surface area contributed by atoms with Crippen LogP contribution in [0.5, 0.6) is 0 Å². The van der Waals surface area contributed by atoms with Crippen LogP contribution in [0.3, 0.4) is 0 Å². The maximum atomic E-state index is 10.8. The lowest BCUT2D eigenvalue weighted by atomic mass is 10.0. The van der Waals surface area contributed by atoms with E-state index in [0.717, 1.165) is 0 Å². The molecule has 1 aromatic carbocycles. The second kappa shape index (κ2) is 5.48. The molecule has 0 saturated carbocycles. The molecule has 0 fully saturated rings. The zero-order valence-electron chi connectivity index (χ0n) is 8.26. The van der Waals surface area contributed by atoms with Gasteiger partial charge >= 0.3 is 5.97 Å². The molecule has 0 amide bonds. The van der Waals surface area contributed by atoms with Crippen molar-refractivity contribution in [2.75, 3.05) is 6.61 Å². The lowest BCUT2D eigenvalue weighted by Gasteiger charge is -2.08. The van der Waals surface area contributed by atoms with Gasteiger partial charge in [0.15, 0.2) is 0 Å². The van der Waals surface area contributed by atoms with Gasteiger partial charge in [0.1, 0.15) is 0 Å². The van der Waals surface area contributed by atoms with E-state index in [1.54, 1.807) is 18.2 Å². The Labute approximate surface area is 87.8 Å². The molecule has 15 heavy (non-hydrogen) atoms. The summed E-state index contributed by atoms with van der Waals surface area (Å²) in [4.78, 5) is 10.8. The third-order valence-electron chi connectivity index (χ3n) is 2.21. The van der Waals surface area contributed by atoms with Crippen molar-refractivity contribution >= 4 is 5.97 Å². The molecule has 0 aliphatic rings. The predicted octanol–water partition coefficient (Wildman–Crippen LogP) is 0.671. The lowest BCUT2D eigenvalue weighted by molar-refractivity contribution is 0.0693. The predicted molar refractivity (Wildman–Crippen MR) is 54.8 cm³/mol. The summed E-state index contributed by atoms with van der Waals surface area (Å²) in [5.74, 6) is -0.968. The third-order valence-corrected chi connectivity index (χ3v) is 2.21. The fourth-order valence-corrected chi connectivity index (χ4v) is 1.36. The van der Waals surface area contributed by atoms with Gasteiger partial charge in [-0.15, -0.1) is 0 Å². The van der Waals surface area contributed by atoms with Gasteiger partial charge < -0.3 is 15.3 Å². The number of aliphatic hydroxyl groups excluding tert-OH is 2. The molecule has 1 aromatic rings. The van der Waals surface area contributed by atoms with Gasteiger partial charge in [-0.2, -0.15) is 0 Å².